The number of benzene rings is 4. The molecule has 4 aromatic rings. The lowest BCUT2D eigenvalue weighted by atomic mass is 9.97. The summed E-state index contributed by atoms with van der Waals surface area (Å²) in [7, 11) is 0. The number of hydrogen-bond acceptors (Lipinski definition) is 3. The van der Waals surface area contributed by atoms with Gasteiger partial charge in [-0.2, -0.15) is 0 Å². The normalized spacial score (nSPS) is 10.7. The highest BCUT2D eigenvalue weighted by molar-refractivity contribution is 5.78. The van der Waals surface area contributed by atoms with Crippen molar-refractivity contribution in [2.45, 2.75) is 13.2 Å². The van der Waals surface area contributed by atoms with Crippen molar-refractivity contribution >= 4 is 17.1 Å². The number of anilines is 3. The van der Waals surface area contributed by atoms with Gasteiger partial charge in [-0.15, -0.1) is 0 Å². The molecule has 2 N–H and O–H groups in total. The van der Waals surface area contributed by atoms with Gasteiger partial charge in [-0.25, -0.2) is 0 Å². The Balaban J connectivity index is 1.76. The highest BCUT2D eigenvalue weighted by Gasteiger charge is 2.12. The molecule has 0 saturated heterocycles. The SMILES string of the molecule is OCc1ccc(CO)c(-c2ccc(N(c3ccccc3)c3ccccc3)cc2)c1. The Hall–Kier alpha value is -3.40. The first-order valence-corrected chi connectivity index (χ1v) is 9.64. The van der Waals surface area contributed by atoms with Gasteiger partial charge in [0.1, 0.15) is 0 Å². The van der Waals surface area contributed by atoms with Crippen LogP contribution in [-0.4, -0.2) is 10.2 Å². The largest absolute Gasteiger partial charge is 0.392 e. The Morgan fingerprint density at radius 1 is 0.552 bits per heavy atom. The number of hydrogen-bond donors (Lipinski definition) is 2. The van der Waals surface area contributed by atoms with Gasteiger partial charge < -0.3 is 15.1 Å². The van der Waals surface area contributed by atoms with E-state index in [-0.39, 0.29) is 13.2 Å². The standard InChI is InChI=1S/C26H23NO2/c28-18-20-11-12-22(19-29)26(17-20)21-13-15-25(16-14-21)27(23-7-3-1-4-8-23)24-9-5-2-6-10-24/h1-17,28-29H,18-19H2. The molecule has 0 unspecified atom stereocenters. The van der Waals surface area contributed by atoms with E-state index in [1.165, 1.54) is 0 Å². The van der Waals surface area contributed by atoms with Gasteiger partial charge in [0.25, 0.3) is 0 Å². The molecule has 3 heteroatoms. The second kappa shape index (κ2) is 8.74. The zero-order valence-corrected chi connectivity index (χ0v) is 16.1. The van der Waals surface area contributed by atoms with Crippen LogP contribution in [-0.2, 0) is 13.2 Å². The molecule has 0 radical (unpaired) electrons. The maximum Gasteiger partial charge on any atom is 0.0687 e. The van der Waals surface area contributed by atoms with Crippen LogP contribution in [0.1, 0.15) is 11.1 Å². The number of aliphatic hydroxyl groups excluding tert-OH is 2. The summed E-state index contributed by atoms with van der Waals surface area (Å²) in [6.07, 6.45) is 0. The van der Waals surface area contributed by atoms with E-state index in [2.05, 4.69) is 53.4 Å². The van der Waals surface area contributed by atoms with Crippen LogP contribution in [0.4, 0.5) is 17.1 Å². The van der Waals surface area contributed by atoms with Crippen LogP contribution in [0.25, 0.3) is 11.1 Å². The van der Waals surface area contributed by atoms with Gasteiger partial charge in [-0.1, -0.05) is 60.7 Å². The van der Waals surface area contributed by atoms with E-state index in [1.807, 2.05) is 54.6 Å². The van der Waals surface area contributed by atoms with Crippen molar-refractivity contribution in [3.05, 3.63) is 114 Å². The van der Waals surface area contributed by atoms with Crippen LogP contribution in [0.15, 0.2) is 103 Å². The van der Waals surface area contributed by atoms with Crippen molar-refractivity contribution in [1.82, 2.24) is 0 Å². The van der Waals surface area contributed by atoms with E-state index >= 15 is 0 Å². The fraction of sp³-hybridized carbons (Fsp3) is 0.0769. The summed E-state index contributed by atoms with van der Waals surface area (Å²) in [5, 5.41) is 19.2. The van der Waals surface area contributed by atoms with Crippen LogP contribution >= 0.6 is 0 Å². The van der Waals surface area contributed by atoms with Crippen molar-refractivity contribution < 1.29 is 10.2 Å². The van der Waals surface area contributed by atoms with Crippen LogP contribution in [0.3, 0.4) is 0 Å². The molecule has 4 rings (SSSR count). The lowest BCUT2D eigenvalue weighted by molar-refractivity contribution is 0.278. The molecule has 3 nitrogen and oxygen atoms in total. The third-order valence-corrected chi connectivity index (χ3v) is 4.99. The number of nitrogens with zero attached hydrogens (tertiary/aromatic N) is 1. The van der Waals surface area contributed by atoms with Crippen molar-refractivity contribution in [2.75, 3.05) is 4.90 Å². The minimum Gasteiger partial charge on any atom is -0.392 e. The lowest BCUT2D eigenvalue weighted by Gasteiger charge is -2.25. The molecule has 0 aliphatic carbocycles. The molecular formula is C26H23NO2. The number of para-hydroxylation sites is 2. The third kappa shape index (κ3) is 4.06. The quantitative estimate of drug-likeness (QED) is 0.443. The highest BCUT2D eigenvalue weighted by atomic mass is 16.3. The van der Waals surface area contributed by atoms with Gasteiger partial charge in [-0.3, -0.25) is 0 Å². The molecule has 4 aromatic carbocycles. The Bertz CT molecular complexity index is 1020. The molecule has 0 bridgehead atoms. The second-order valence-electron chi connectivity index (χ2n) is 6.86. The fourth-order valence-electron chi connectivity index (χ4n) is 3.52. The minimum atomic E-state index is -0.0387. The Labute approximate surface area is 171 Å². The van der Waals surface area contributed by atoms with E-state index in [0.717, 1.165) is 39.3 Å². The predicted octanol–water partition coefficient (Wildman–Crippen LogP) is 5.81. The van der Waals surface area contributed by atoms with E-state index in [0.29, 0.717) is 0 Å². The predicted molar refractivity (Wildman–Crippen MR) is 118 cm³/mol. The van der Waals surface area contributed by atoms with Crippen molar-refractivity contribution in [2.24, 2.45) is 0 Å². The molecular weight excluding hydrogens is 358 g/mol. The summed E-state index contributed by atoms with van der Waals surface area (Å²) in [5.74, 6) is 0. The Morgan fingerprint density at radius 2 is 1.10 bits per heavy atom. The molecule has 0 aliphatic heterocycles. The van der Waals surface area contributed by atoms with Gasteiger partial charge >= 0.3 is 0 Å². The van der Waals surface area contributed by atoms with Crippen molar-refractivity contribution in [3.8, 4) is 11.1 Å². The fourth-order valence-corrected chi connectivity index (χ4v) is 3.52. The average Bonchev–Trinajstić information content (AvgIpc) is 2.81. The van der Waals surface area contributed by atoms with Crippen LogP contribution < -0.4 is 4.90 Å². The van der Waals surface area contributed by atoms with Gasteiger partial charge in [0.15, 0.2) is 0 Å². The Kier molecular flexibility index (Phi) is 5.71. The smallest absolute Gasteiger partial charge is 0.0687 e. The lowest BCUT2D eigenvalue weighted by Crippen LogP contribution is -2.09. The minimum absolute atomic E-state index is 0.0212. The van der Waals surface area contributed by atoms with Gasteiger partial charge in [0.2, 0.25) is 0 Å². The van der Waals surface area contributed by atoms with Crippen LogP contribution in [0.5, 0.6) is 0 Å². The zero-order chi connectivity index (χ0) is 20.1. The van der Waals surface area contributed by atoms with Crippen LogP contribution in [0.2, 0.25) is 0 Å². The van der Waals surface area contributed by atoms with Crippen molar-refractivity contribution in [1.29, 1.82) is 0 Å². The number of aliphatic hydroxyl groups is 2. The summed E-state index contributed by atoms with van der Waals surface area (Å²) < 4.78 is 0. The van der Waals surface area contributed by atoms with E-state index in [4.69, 9.17) is 0 Å². The summed E-state index contributed by atoms with van der Waals surface area (Å²) in [5.41, 5.74) is 6.85. The molecule has 0 spiro atoms. The van der Waals surface area contributed by atoms with E-state index in [9.17, 15) is 10.2 Å². The first kappa shape index (κ1) is 18.9. The maximum absolute atomic E-state index is 9.71. The van der Waals surface area contributed by atoms with Crippen molar-refractivity contribution in [3.63, 3.8) is 0 Å². The van der Waals surface area contributed by atoms with E-state index < -0.39 is 0 Å². The summed E-state index contributed by atoms with van der Waals surface area (Å²) in [4.78, 5) is 2.21. The summed E-state index contributed by atoms with van der Waals surface area (Å²) in [6.45, 7) is -0.0600. The van der Waals surface area contributed by atoms with Crippen LogP contribution in [0, 0.1) is 0 Å². The molecule has 0 amide bonds. The van der Waals surface area contributed by atoms with Gasteiger partial charge in [-0.05, 0) is 64.7 Å². The molecule has 0 heterocycles. The molecule has 0 atom stereocenters. The Morgan fingerprint density at radius 3 is 1.62 bits per heavy atom. The molecule has 0 aliphatic rings. The first-order valence-electron chi connectivity index (χ1n) is 9.64. The molecule has 144 valence electrons. The molecule has 0 fully saturated rings. The monoisotopic (exact) mass is 381 g/mol. The molecule has 29 heavy (non-hydrogen) atoms. The number of rotatable bonds is 6. The van der Waals surface area contributed by atoms with Gasteiger partial charge in [0, 0.05) is 17.1 Å². The van der Waals surface area contributed by atoms with Gasteiger partial charge in [0.05, 0.1) is 13.2 Å². The van der Waals surface area contributed by atoms with E-state index in [1.54, 1.807) is 0 Å². The third-order valence-electron chi connectivity index (χ3n) is 4.99. The summed E-state index contributed by atoms with van der Waals surface area (Å²) >= 11 is 0. The molecule has 0 saturated carbocycles. The average molecular weight is 381 g/mol. The molecule has 0 aromatic heterocycles. The first-order chi connectivity index (χ1) is 14.3. The summed E-state index contributed by atoms with van der Waals surface area (Å²) in [6, 6.07) is 34.5. The second-order valence-corrected chi connectivity index (χ2v) is 6.86. The zero-order valence-electron chi connectivity index (χ0n) is 16.1. The highest BCUT2D eigenvalue weighted by Crippen LogP contribution is 2.35. The maximum atomic E-state index is 9.71. The topological polar surface area (TPSA) is 43.7 Å².